The van der Waals surface area contributed by atoms with E-state index < -0.39 is 158 Å². The van der Waals surface area contributed by atoms with Crippen LogP contribution in [0.1, 0.15) is 71.1 Å². The zero-order chi connectivity index (χ0) is 50.0. The molecule has 65 heavy (non-hydrogen) atoms. The number of aliphatic hydroxyl groups is 1. The number of hydrogen-bond acceptors (Lipinski definition) is 16. The van der Waals surface area contributed by atoms with Gasteiger partial charge in [-0.1, -0.05) is 6.42 Å². The SMILES string of the molecule is C[C@@H](O)[C@H](NC(=O)[C@H](CCCN=C(N)N)NC(=O)[C@H](CC(=O)O)NC(=O)[C@@H](N)CCCCN)C(=O)NCC(=O)N[C@@H](CC(N)=O)C(=O)N[C@@H](CC(=O)O)C(=O)N[C@@H](CCC(=O)O)C(=O)O. The number of carbonyl (C=O) groups excluding carboxylic acids is 8. The third-order valence-corrected chi connectivity index (χ3v) is 8.71. The van der Waals surface area contributed by atoms with Gasteiger partial charge >= 0.3 is 23.9 Å². The molecule has 0 bridgehead atoms. The van der Waals surface area contributed by atoms with E-state index in [1.54, 1.807) is 0 Å². The van der Waals surface area contributed by atoms with Crippen molar-refractivity contribution < 1.29 is 83.1 Å². The van der Waals surface area contributed by atoms with Gasteiger partial charge in [0.1, 0.15) is 36.3 Å². The van der Waals surface area contributed by atoms with E-state index in [-0.39, 0.29) is 31.8 Å². The molecule has 0 radical (unpaired) electrons. The van der Waals surface area contributed by atoms with Gasteiger partial charge in [-0.2, -0.15) is 0 Å². The van der Waals surface area contributed by atoms with Crippen LogP contribution in [0.3, 0.4) is 0 Å². The molecular weight excluding hydrogens is 874 g/mol. The molecule has 0 heterocycles. The number of hydrogen-bond donors (Lipinski definition) is 17. The highest BCUT2D eigenvalue weighted by atomic mass is 16.4. The minimum Gasteiger partial charge on any atom is -0.481 e. The fourth-order valence-corrected chi connectivity index (χ4v) is 5.39. The van der Waals surface area contributed by atoms with Crippen LogP contribution in [0.2, 0.25) is 0 Å². The van der Waals surface area contributed by atoms with Crippen LogP contribution in [0.5, 0.6) is 0 Å². The predicted molar refractivity (Wildman–Crippen MR) is 220 cm³/mol. The fraction of sp³-hybridized carbons (Fsp3) is 0.629. The fourth-order valence-electron chi connectivity index (χ4n) is 5.39. The smallest absolute Gasteiger partial charge is 0.326 e. The highest BCUT2D eigenvalue weighted by Crippen LogP contribution is 2.07. The minimum atomic E-state index is -2.04. The Morgan fingerprint density at radius 2 is 1.05 bits per heavy atom. The number of aliphatic hydroxyl groups excluding tert-OH is 1. The summed E-state index contributed by atoms with van der Waals surface area (Å²) >= 11 is 0. The van der Waals surface area contributed by atoms with Crippen molar-refractivity contribution in [3.63, 3.8) is 0 Å². The Morgan fingerprint density at radius 1 is 0.554 bits per heavy atom. The Kier molecular flexibility index (Phi) is 26.7. The van der Waals surface area contributed by atoms with Crippen molar-refractivity contribution in [2.75, 3.05) is 19.6 Å². The Morgan fingerprint density at radius 3 is 1.51 bits per heavy atom. The van der Waals surface area contributed by atoms with Crippen LogP contribution >= 0.6 is 0 Å². The quantitative estimate of drug-likeness (QED) is 0.0165. The van der Waals surface area contributed by atoms with Crippen molar-refractivity contribution in [1.29, 1.82) is 0 Å². The molecule has 0 aliphatic heterocycles. The number of unbranched alkanes of at least 4 members (excludes halogenated alkanes) is 1. The van der Waals surface area contributed by atoms with Gasteiger partial charge in [-0.25, -0.2) is 4.79 Å². The first kappa shape index (κ1) is 57.8. The van der Waals surface area contributed by atoms with E-state index in [1.165, 1.54) is 0 Å². The van der Waals surface area contributed by atoms with Crippen LogP contribution in [-0.2, 0) is 57.5 Å². The molecule has 30 nitrogen and oxygen atoms in total. The Balaban J connectivity index is 6.13. The highest BCUT2D eigenvalue weighted by Gasteiger charge is 2.35. The molecule has 22 N–H and O–H groups in total. The molecule has 0 spiro atoms. The lowest BCUT2D eigenvalue weighted by Crippen LogP contribution is -2.60. The average Bonchev–Trinajstić information content (AvgIpc) is 3.19. The van der Waals surface area contributed by atoms with E-state index in [4.69, 9.17) is 33.8 Å². The zero-order valence-corrected chi connectivity index (χ0v) is 35.3. The largest absolute Gasteiger partial charge is 0.481 e. The lowest BCUT2D eigenvalue weighted by atomic mass is 10.1. The number of nitrogens with zero attached hydrogens (tertiary/aromatic N) is 1. The van der Waals surface area contributed by atoms with Crippen molar-refractivity contribution >= 4 is 77.1 Å². The predicted octanol–water partition coefficient (Wildman–Crippen LogP) is -8.32. The number of amides is 8. The first-order valence-corrected chi connectivity index (χ1v) is 19.7. The van der Waals surface area contributed by atoms with Gasteiger partial charge in [0.15, 0.2) is 5.96 Å². The number of aliphatic carboxylic acids is 4. The van der Waals surface area contributed by atoms with E-state index >= 15 is 0 Å². The number of carboxylic acid groups (broad SMARTS) is 4. The van der Waals surface area contributed by atoms with Crippen molar-refractivity contribution in [3.8, 4) is 0 Å². The van der Waals surface area contributed by atoms with Gasteiger partial charge < -0.3 is 91.4 Å². The van der Waals surface area contributed by atoms with Gasteiger partial charge in [0.2, 0.25) is 47.3 Å². The van der Waals surface area contributed by atoms with Crippen LogP contribution in [-0.4, -0.2) is 171 Å². The maximum atomic E-state index is 13.5. The Hall–Kier alpha value is -7.21. The summed E-state index contributed by atoms with van der Waals surface area (Å²) in [4.78, 5) is 153. The Labute approximate surface area is 370 Å². The van der Waals surface area contributed by atoms with Gasteiger partial charge in [0, 0.05) is 13.0 Å². The Bertz CT molecular complexity index is 1760. The molecule has 366 valence electrons. The van der Waals surface area contributed by atoms with Gasteiger partial charge in [-0.3, -0.25) is 57.7 Å². The summed E-state index contributed by atoms with van der Waals surface area (Å²) < 4.78 is 0. The first-order valence-electron chi connectivity index (χ1n) is 19.7. The number of aliphatic imine (C=N–C) groups is 1. The molecule has 0 saturated heterocycles. The number of primary amides is 1. The number of carboxylic acids is 4. The van der Waals surface area contributed by atoms with Crippen LogP contribution in [0.15, 0.2) is 4.99 Å². The third kappa shape index (κ3) is 24.9. The number of carbonyl (C=O) groups is 12. The van der Waals surface area contributed by atoms with Gasteiger partial charge in [0.05, 0.1) is 38.0 Å². The molecule has 0 rings (SSSR count). The van der Waals surface area contributed by atoms with Crippen molar-refractivity contribution in [3.05, 3.63) is 0 Å². The summed E-state index contributed by atoms with van der Waals surface area (Å²) in [6, 6.07) is -12.2. The molecule has 0 fully saturated rings. The van der Waals surface area contributed by atoms with Crippen molar-refractivity contribution in [2.45, 2.75) is 120 Å². The first-order chi connectivity index (χ1) is 30.3. The van der Waals surface area contributed by atoms with E-state index in [1.807, 2.05) is 16.0 Å². The topological polar surface area (TPSA) is 533 Å². The monoisotopic (exact) mass is 933 g/mol. The lowest BCUT2D eigenvalue weighted by Gasteiger charge is -2.26. The molecule has 8 amide bonds. The summed E-state index contributed by atoms with van der Waals surface area (Å²) in [7, 11) is 0. The van der Waals surface area contributed by atoms with Crippen LogP contribution in [0.4, 0.5) is 0 Å². The lowest BCUT2D eigenvalue weighted by molar-refractivity contribution is -0.144. The number of nitrogens with one attached hydrogen (secondary N) is 7. The normalized spacial score (nSPS) is 14.4. The van der Waals surface area contributed by atoms with Crippen LogP contribution in [0, 0.1) is 0 Å². The molecule has 0 unspecified atom stereocenters. The van der Waals surface area contributed by atoms with Crippen LogP contribution in [0.25, 0.3) is 0 Å². The van der Waals surface area contributed by atoms with Gasteiger partial charge in [0.25, 0.3) is 0 Å². The van der Waals surface area contributed by atoms with Crippen molar-refractivity contribution in [1.82, 2.24) is 37.2 Å². The molecule has 30 heteroatoms. The summed E-state index contributed by atoms with van der Waals surface area (Å²) in [5.41, 5.74) is 27.2. The minimum absolute atomic E-state index is 0.00136. The van der Waals surface area contributed by atoms with E-state index in [2.05, 4.69) is 26.3 Å². The number of rotatable bonds is 33. The second-order valence-electron chi connectivity index (χ2n) is 14.3. The number of guanidine groups is 1. The van der Waals surface area contributed by atoms with E-state index in [0.717, 1.165) is 6.92 Å². The molecule has 0 aliphatic rings. The summed E-state index contributed by atoms with van der Waals surface area (Å²) in [6.07, 6.45) is -5.25. The van der Waals surface area contributed by atoms with E-state index in [9.17, 15) is 78.0 Å². The van der Waals surface area contributed by atoms with Crippen molar-refractivity contribution in [2.24, 2.45) is 33.7 Å². The van der Waals surface area contributed by atoms with Crippen LogP contribution < -0.4 is 65.9 Å². The molecule has 0 saturated carbocycles. The number of nitrogens with two attached hydrogens (primary N) is 5. The maximum absolute atomic E-state index is 13.5. The van der Waals surface area contributed by atoms with Gasteiger partial charge in [-0.15, -0.1) is 0 Å². The second-order valence-corrected chi connectivity index (χ2v) is 14.3. The molecular formula is C35H59N13O17. The standard InChI is InChI=1S/C35H59N13O17/c1-15(49)27(48-29(59)17(6-4-10-41-35(39)40)44-31(61)20(12-25(54)55)46-28(58)16(37)5-2-3-9-36)33(63)42-14-23(51)43-19(11-22(38)50)30(60)47-21(13-26(56)57)32(62)45-18(34(64)65)7-8-24(52)53/h15-21,27,49H,2-14,36-37H2,1H3,(H2,38,50)(H,42,63)(H,43,51)(H,44,61)(H,45,62)(H,46,58)(H,47,60)(H,48,59)(H,52,53)(H,54,55)(H,56,57)(H,64,65)(H4,39,40,41)/t15-,16+,17+,18+,19+,20+,21+,27+/m1/s1. The molecule has 0 aliphatic carbocycles. The van der Waals surface area contributed by atoms with E-state index in [0.29, 0.717) is 19.4 Å². The third-order valence-electron chi connectivity index (χ3n) is 8.71. The average molecular weight is 934 g/mol. The second kappa shape index (κ2) is 30.0. The zero-order valence-electron chi connectivity index (χ0n) is 35.3. The maximum Gasteiger partial charge on any atom is 0.326 e. The molecule has 8 atom stereocenters. The summed E-state index contributed by atoms with van der Waals surface area (Å²) in [5.74, 6) is -16.2. The van der Waals surface area contributed by atoms with Gasteiger partial charge in [-0.05, 0) is 45.6 Å². The molecule has 0 aromatic rings. The highest BCUT2D eigenvalue weighted by molar-refractivity contribution is 5.99. The molecule has 0 aromatic heterocycles. The summed E-state index contributed by atoms with van der Waals surface area (Å²) in [6.45, 7) is 0.260. The molecule has 0 aromatic carbocycles. The summed E-state index contributed by atoms with van der Waals surface area (Å²) in [5, 5.41) is 61.9.